The summed E-state index contributed by atoms with van der Waals surface area (Å²) in [4.78, 5) is 24.8. The summed E-state index contributed by atoms with van der Waals surface area (Å²) < 4.78 is 15.1. The molecule has 2 aromatic heterocycles. The summed E-state index contributed by atoms with van der Waals surface area (Å²) >= 11 is 0. The van der Waals surface area contributed by atoms with E-state index in [0.29, 0.717) is 25.6 Å². The molecular formula is C20H21FN6O2. The number of rotatable bonds is 3. The first kappa shape index (κ1) is 18.7. The molecule has 150 valence electrons. The molecule has 3 heterocycles. The van der Waals surface area contributed by atoms with Gasteiger partial charge >= 0.3 is 0 Å². The standard InChI is InChI=1S/C20H21FN6O2/c1-13-12-25(14-2-4-15(28)5-3-14)8-9-26(13)20-24-18(10-19(29)27(20)22)16-6-7-23-11-17(16)21/h2-7,10-11,13,28H,8-9,12,22H2,1H3/t13-/m1/s1. The Hall–Kier alpha value is -3.62. The van der Waals surface area contributed by atoms with Gasteiger partial charge in [-0.15, -0.1) is 0 Å². The molecule has 1 atom stereocenters. The maximum atomic E-state index is 14.1. The third kappa shape index (κ3) is 3.58. The maximum Gasteiger partial charge on any atom is 0.273 e. The second-order valence-corrected chi connectivity index (χ2v) is 7.01. The molecule has 0 spiro atoms. The van der Waals surface area contributed by atoms with Crippen LogP contribution in [0.4, 0.5) is 16.0 Å². The smallest absolute Gasteiger partial charge is 0.273 e. The minimum atomic E-state index is -0.551. The summed E-state index contributed by atoms with van der Waals surface area (Å²) in [6, 6.07) is 9.73. The van der Waals surface area contributed by atoms with Gasteiger partial charge < -0.3 is 20.7 Å². The molecule has 0 unspecified atom stereocenters. The number of hydrogen-bond acceptors (Lipinski definition) is 7. The van der Waals surface area contributed by atoms with E-state index in [1.807, 2.05) is 24.0 Å². The van der Waals surface area contributed by atoms with Gasteiger partial charge in [0.2, 0.25) is 5.95 Å². The van der Waals surface area contributed by atoms with Crippen LogP contribution in [0.3, 0.4) is 0 Å². The van der Waals surface area contributed by atoms with E-state index in [2.05, 4.69) is 14.9 Å². The van der Waals surface area contributed by atoms with E-state index in [4.69, 9.17) is 5.84 Å². The van der Waals surface area contributed by atoms with E-state index in [0.717, 1.165) is 16.6 Å². The van der Waals surface area contributed by atoms with Crippen molar-refractivity contribution in [2.24, 2.45) is 0 Å². The lowest BCUT2D eigenvalue weighted by molar-refractivity contribution is 0.475. The molecule has 0 radical (unpaired) electrons. The van der Waals surface area contributed by atoms with E-state index < -0.39 is 11.4 Å². The van der Waals surface area contributed by atoms with Gasteiger partial charge in [-0.25, -0.2) is 9.37 Å². The minimum Gasteiger partial charge on any atom is -0.508 e. The fraction of sp³-hybridized carbons (Fsp3) is 0.250. The Labute approximate surface area is 166 Å². The number of piperazine rings is 1. The third-order valence-electron chi connectivity index (χ3n) is 5.08. The summed E-state index contributed by atoms with van der Waals surface area (Å²) in [5, 5.41) is 9.48. The molecule has 0 amide bonds. The molecule has 29 heavy (non-hydrogen) atoms. The second-order valence-electron chi connectivity index (χ2n) is 7.01. The molecule has 1 aromatic carbocycles. The number of nitrogen functional groups attached to an aromatic ring is 1. The van der Waals surface area contributed by atoms with Gasteiger partial charge in [-0.3, -0.25) is 9.78 Å². The van der Waals surface area contributed by atoms with E-state index in [9.17, 15) is 14.3 Å². The van der Waals surface area contributed by atoms with Crippen molar-refractivity contribution < 1.29 is 9.50 Å². The fourth-order valence-corrected chi connectivity index (χ4v) is 3.56. The lowest BCUT2D eigenvalue weighted by Gasteiger charge is -2.41. The van der Waals surface area contributed by atoms with E-state index in [1.54, 1.807) is 12.1 Å². The summed E-state index contributed by atoms with van der Waals surface area (Å²) in [7, 11) is 0. The Bertz CT molecular complexity index is 1090. The van der Waals surface area contributed by atoms with E-state index >= 15 is 0 Å². The predicted octanol–water partition coefficient (Wildman–Crippen LogP) is 1.58. The molecule has 3 N–H and O–H groups in total. The number of nitrogens with two attached hydrogens (primary N) is 1. The van der Waals surface area contributed by atoms with Crippen molar-refractivity contribution in [1.29, 1.82) is 0 Å². The average Bonchev–Trinajstić information content (AvgIpc) is 2.71. The van der Waals surface area contributed by atoms with Crippen molar-refractivity contribution in [2.45, 2.75) is 13.0 Å². The minimum absolute atomic E-state index is 0.00297. The van der Waals surface area contributed by atoms with Gasteiger partial charge in [0.05, 0.1) is 11.9 Å². The Morgan fingerprint density at radius 1 is 1.21 bits per heavy atom. The SMILES string of the molecule is C[C@@H]1CN(c2ccc(O)cc2)CCN1c1nc(-c2ccncc2F)cc(=O)n1N. The van der Waals surface area contributed by atoms with Crippen LogP contribution in [0, 0.1) is 5.82 Å². The van der Waals surface area contributed by atoms with E-state index in [1.165, 1.54) is 18.3 Å². The number of phenols is 1. The fourth-order valence-electron chi connectivity index (χ4n) is 3.56. The molecule has 1 aliphatic rings. The number of aromatic hydroxyl groups is 1. The molecule has 0 aliphatic carbocycles. The summed E-state index contributed by atoms with van der Waals surface area (Å²) in [5.74, 6) is 5.94. The highest BCUT2D eigenvalue weighted by molar-refractivity contribution is 5.61. The van der Waals surface area contributed by atoms with Gasteiger partial charge in [0, 0.05) is 49.2 Å². The molecule has 4 rings (SSSR count). The van der Waals surface area contributed by atoms with Crippen molar-refractivity contribution in [3.05, 3.63) is 65.0 Å². The molecular weight excluding hydrogens is 375 g/mol. The summed E-state index contributed by atoms with van der Waals surface area (Å²) in [5.41, 5.74) is 0.962. The average molecular weight is 396 g/mol. The van der Waals surface area contributed by atoms with Crippen LogP contribution in [-0.2, 0) is 0 Å². The number of hydrogen-bond donors (Lipinski definition) is 2. The number of aromatic nitrogens is 3. The van der Waals surface area contributed by atoms with Crippen molar-refractivity contribution in [2.75, 3.05) is 35.3 Å². The molecule has 8 nitrogen and oxygen atoms in total. The number of nitrogens with zero attached hydrogens (tertiary/aromatic N) is 5. The monoisotopic (exact) mass is 396 g/mol. The van der Waals surface area contributed by atoms with Crippen LogP contribution in [-0.4, -0.2) is 45.4 Å². The lowest BCUT2D eigenvalue weighted by atomic mass is 10.1. The van der Waals surface area contributed by atoms with Crippen molar-refractivity contribution >= 4 is 11.6 Å². The highest BCUT2D eigenvalue weighted by atomic mass is 19.1. The van der Waals surface area contributed by atoms with Crippen molar-refractivity contribution in [3.63, 3.8) is 0 Å². The van der Waals surface area contributed by atoms with Crippen LogP contribution >= 0.6 is 0 Å². The van der Waals surface area contributed by atoms with Gasteiger partial charge in [0.1, 0.15) is 5.75 Å². The van der Waals surface area contributed by atoms with E-state index in [-0.39, 0.29) is 23.0 Å². The van der Waals surface area contributed by atoms with Crippen molar-refractivity contribution in [3.8, 4) is 17.0 Å². The molecule has 1 aliphatic heterocycles. The number of pyridine rings is 1. The zero-order valence-electron chi connectivity index (χ0n) is 15.9. The first-order valence-corrected chi connectivity index (χ1v) is 9.23. The van der Waals surface area contributed by atoms with Crippen LogP contribution in [0.5, 0.6) is 5.75 Å². The molecule has 0 saturated carbocycles. The molecule has 0 bridgehead atoms. The maximum absolute atomic E-state index is 14.1. The van der Waals surface area contributed by atoms with Crippen molar-refractivity contribution in [1.82, 2.24) is 14.6 Å². The highest BCUT2D eigenvalue weighted by Crippen LogP contribution is 2.25. The Kier molecular flexibility index (Phi) is 4.79. The number of halogens is 1. The first-order valence-electron chi connectivity index (χ1n) is 9.23. The van der Waals surface area contributed by atoms with Crippen LogP contribution in [0.15, 0.2) is 53.6 Å². The van der Waals surface area contributed by atoms with Crippen LogP contribution in [0.25, 0.3) is 11.3 Å². The number of anilines is 2. The normalized spacial score (nSPS) is 16.8. The predicted molar refractivity (Wildman–Crippen MR) is 109 cm³/mol. The highest BCUT2D eigenvalue weighted by Gasteiger charge is 2.27. The molecule has 3 aromatic rings. The molecule has 9 heteroatoms. The van der Waals surface area contributed by atoms with Gasteiger partial charge in [-0.05, 0) is 37.3 Å². The van der Waals surface area contributed by atoms with Gasteiger partial charge in [-0.2, -0.15) is 4.68 Å². The Morgan fingerprint density at radius 3 is 2.66 bits per heavy atom. The summed E-state index contributed by atoms with van der Waals surface area (Å²) in [6.07, 6.45) is 2.54. The number of phenolic OH excluding ortho intramolecular Hbond substituents is 1. The second kappa shape index (κ2) is 7.42. The molecule has 1 fully saturated rings. The van der Waals surface area contributed by atoms with Gasteiger partial charge in [0.15, 0.2) is 5.82 Å². The lowest BCUT2D eigenvalue weighted by Crippen LogP contribution is -2.54. The van der Waals surface area contributed by atoms with Crippen LogP contribution in [0.1, 0.15) is 6.92 Å². The topological polar surface area (TPSA) is 101 Å². The quantitative estimate of drug-likeness (QED) is 0.648. The molecule has 1 saturated heterocycles. The zero-order chi connectivity index (χ0) is 20.5. The van der Waals surface area contributed by atoms with Gasteiger partial charge in [0.25, 0.3) is 5.56 Å². The Morgan fingerprint density at radius 2 is 1.97 bits per heavy atom. The van der Waals surface area contributed by atoms with Crippen LogP contribution < -0.4 is 21.2 Å². The van der Waals surface area contributed by atoms with Crippen LogP contribution in [0.2, 0.25) is 0 Å². The number of benzene rings is 1. The Balaban J connectivity index is 1.64. The largest absolute Gasteiger partial charge is 0.508 e. The first-order chi connectivity index (χ1) is 13.9. The summed E-state index contributed by atoms with van der Waals surface area (Å²) in [6.45, 7) is 3.94. The van der Waals surface area contributed by atoms with Gasteiger partial charge in [-0.1, -0.05) is 0 Å². The zero-order valence-corrected chi connectivity index (χ0v) is 15.9. The third-order valence-corrected chi connectivity index (χ3v) is 5.08.